The molecular formula is C19H13F3N2O3S. The van der Waals surface area contributed by atoms with Gasteiger partial charge in [0.1, 0.15) is 0 Å². The number of aliphatic imine (C=N–C) groups is 1. The van der Waals surface area contributed by atoms with Gasteiger partial charge in [-0.3, -0.25) is 9.69 Å². The van der Waals surface area contributed by atoms with Crippen molar-refractivity contribution in [2.75, 3.05) is 13.8 Å². The van der Waals surface area contributed by atoms with Crippen LogP contribution < -0.4 is 9.47 Å². The minimum Gasteiger partial charge on any atom is -0.454 e. The van der Waals surface area contributed by atoms with Gasteiger partial charge >= 0.3 is 6.18 Å². The molecule has 2 aromatic carbocycles. The Labute approximate surface area is 162 Å². The molecule has 2 aliphatic heterocycles. The first-order valence-electron chi connectivity index (χ1n) is 8.14. The van der Waals surface area contributed by atoms with Gasteiger partial charge in [-0.15, -0.1) is 0 Å². The van der Waals surface area contributed by atoms with E-state index >= 15 is 0 Å². The van der Waals surface area contributed by atoms with Crippen molar-refractivity contribution >= 4 is 34.6 Å². The predicted molar refractivity (Wildman–Crippen MR) is 99.4 cm³/mol. The van der Waals surface area contributed by atoms with Gasteiger partial charge in [0.25, 0.3) is 5.91 Å². The molecule has 2 aromatic rings. The lowest BCUT2D eigenvalue weighted by atomic mass is 10.2. The third-order valence-corrected chi connectivity index (χ3v) is 5.16. The van der Waals surface area contributed by atoms with Crippen LogP contribution in [-0.4, -0.2) is 29.8 Å². The van der Waals surface area contributed by atoms with Crippen molar-refractivity contribution in [2.24, 2.45) is 4.99 Å². The van der Waals surface area contributed by atoms with E-state index < -0.39 is 11.7 Å². The fourth-order valence-corrected chi connectivity index (χ4v) is 3.65. The fourth-order valence-electron chi connectivity index (χ4n) is 2.67. The summed E-state index contributed by atoms with van der Waals surface area (Å²) in [5, 5.41) is 0.302. The molecule has 0 spiro atoms. The molecular weight excluding hydrogens is 393 g/mol. The molecule has 5 nitrogen and oxygen atoms in total. The summed E-state index contributed by atoms with van der Waals surface area (Å²) in [7, 11) is 1.53. The molecule has 4 rings (SSSR count). The Balaban J connectivity index is 1.61. The lowest BCUT2D eigenvalue weighted by molar-refractivity contribution is -0.137. The number of hydrogen-bond acceptors (Lipinski definition) is 5. The van der Waals surface area contributed by atoms with Gasteiger partial charge in [-0.1, -0.05) is 12.1 Å². The summed E-state index contributed by atoms with van der Waals surface area (Å²) in [5.74, 6) is 0.945. The third kappa shape index (κ3) is 3.57. The van der Waals surface area contributed by atoms with Crippen LogP contribution in [0.15, 0.2) is 52.4 Å². The Morgan fingerprint density at radius 2 is 1.93 bits per heavy atom. The number of rotatable bonds is 2. The number of hydrogen-bond donors (Lipinski definition) is 0. The van der Waals surface area contributed by atoms with Crippen molar-refractivity contribution in [3.63, 3.8) is 0 Å². The fraction of sp³-hybridized carbons (Fsp3) is 0.158. The van der Waals surface area contributed by atoms with E-state index in [9.17, 15) is 18.0 Å². The first-order chi connectivity index (χ1) is 13.3. The Morgan fingerprint density at radius 3 is 2.71 bits per heavy atom. The molecule has 1 saturated heterocycles. The van der Waals surface area contributed by atoms with Crippen molar-refractivity contribution in [3.8, 4) is 11.5 Å². The summed E-state index contributed by atoms with van der Waals surface area (Å²) < 4.78 is 49.2. The zero-order chi connectivity index (χ0) is 19.9. The second-order valence-corrected chi connectivity index (χ2v) is 7.04. The number of carbonyl (C=O) groups excluding carboxylic acids is 1. The first-order valence-corrected chi connectivity index (χ1v) is 8.96. The number of amidine groups is 1. The molecule has 2 heterocycles. The van der Waals surface area contributed by atoms with Crippen LogP contribution in [0.5, 0.6) is 11.5 Å². The minimum absolute atomic E-state index is 0.126. The molecule has 2 aliphatic rings. The van der Waals surface area contributed by atoms with E-state index in [1.54, 1.807) is 24.3 Å². The number of halogens is 3. The summed E-state index contributed by atoms with van der Waals surface area (Å²) in [6.07, 6.45) is -2.77. The Bertz CT molecular complexity index is 1020. The predicted octanol–water partition coefficient (Wildman–Crippen LogP) is 4.67. The first kappa shape index (κ1) is 18.4. The van der Waals surface area contributed by atoms with Gasteiger partial charge < -0.3 is 9.47 Å². The number of alkyl halides is 3. The number of nitrogens with zero attached hydrogens (tertiary/aromatic N) is 2. The maximum atomic E-state index is 12.9. The van der Waals surface area contributed by atoms with E-state index in [0.717, 1.165) is 29.5 Å². The van der Waals surface area contributed by atoms with E-state index in [1.807, 2.05) is 0 Å². The van der Waals surface area contributed by atoms with E-state index in [4.69, 9.17) is 9.47 Å². The molecule has 0 saturated carbocycles. The summed E-state index contributed by atoms with van der Waals surface area (Å²) in [6, 6.07) is 9.96. The van der Waals surface area contributed by atoms with Crippen LogP contribution in [0.25, 0.3) is 6.08 Å². The monoisotopic (exact) mass is 406 g/mol. The highest BCUT2D eigenvalue weighted by atomic mass is 32.2. The molecule has 0 radical (unpaired) electrons. The van der Waals surface area contributed by atoms with Crippen LogP contribution in [0.4, 0.5) is 18.9 Å². The van der Waals surface area contributed by atoms with Crippen molar-refractivity contribution in [1.82, 2.24) is 4.90 Å². The molecule has 0 bridgehead atoms. The number of ether oxygens (including phenoxy) is 2. The van der Waals surface area contributed by atoms with E-state index in [-0.39, 0.29) is 18.4 Å². The smallest absolute Gasteiger partial charge is 0.416 e. The highest BCUT2D eigenvalue weighted by Crippen LogP contribution is 2.37. The van der Waals surface area contributed by atoms with Crippen LogP contribution in [0.3, 0.4) is 0 Å². The quantitative estimate of drug-likeness (QED) is 0.681. The van der Waals surface area contributed by atoms with E-state index in [1.165, 1.54) is 24.1 Å². The molecule has 0 aromatic heterocycles. The number of benzene rings is 2. The average molecular weight is 406 g/mol. The van der Waals surface area contributed by atoms with Crippen molar-refractivity contribution in [1.29, 1.82) is 0 Å². The number of amides is 1. The highest BCUT2D eigenvalue weighted by Gasteiger charge is 2.32. The third-order valence-electron chi connectivity index (χ3n) is 4.10. The molecule has 0 aliphatic carbocycles. The van der Waals surface area contributed by atoms with Crippen molar-refractivity contribution in [3.05, 3.63) is 58.5 Å². The molecule has 0 N–H and O–H groups in total. The normalized spacial score (nSPS) is 19.1. The average Bonchev–Trinajstić information content (AvgIpc) is 3.22. The van der Waals surface area contributed by atoms with Crippen molar-refractivity contribution < 1.29 is 27.4 Å². The lowest BCUT2D eigenvalue weighted by Gasteiger charge is -2.09. The molecule has 1 amide bonds. The zero-order valence-corrected chi connectivity index (χ0v) is 15.3. The van der Waals surface area contributed by atoms with Gasteiger partial charge in [0.05, 0.1) is 16.2 Å². The summed E-state index contributed by atoms with van der Waals surface area (Å²) in [4.78, 5) is 18.4. The number of carbonyl (C=O) groups is 1. The topological polar surface area (TPSA) is 51.1 Å². The SMILES string of the molecule is CN1C(=O)/C(=C/c2ccc3c(c2)OCO3)SC1=Nc1cccc(C(F)(F)F)c1. The number of likely N-dealkylation sites (N-methyl/N-ethyl adjacent to an activating group) is 1. The number of thioether (sulfide) groups is 1. The summed E-state index contributed by atoms with van der Waals surface area (Å²) in [5.41, 5.74) is 0.0811. The van der Waals surface area contributed by atoms with Gasteiger partial charge in [0.15, 0.2) is 16.7 Å². The maximum Gasteiger partial charge on any atom is 0.416 e. The standard InChI is InChI=1S/C19H13F3N2O3S/c1-24-17(25)16(8-11-5-6-14-15(7-11)27-10-26-14)28-18(24)23-13-4-2-3-12(9-13)19(20,21)22/h2-9H,10H2,1H3/b16-8-,23-18?. The minimum atomic E-state index is -4.45. The van der Waals surface area contributed by atoms with Gasteiger partial charge in [-0.2, -0.15) is 13.2 Å². The number of fused-ring (bicyclic) bond motifs is 1. The second-order valence-electron chi connectivity index (χ2n) is 6.03. The molecule has 9 heteroatoms. The molecule has 28 heavy (non-hydrogen) atoms. The van der Waals surface area contributed by atoms with Crippen molar-refractivity contribution in [2.45, 2.75) is 6.18 Å². The van der Waals surface area contributed by atoms with Gasteiger partial charge in [-0.05, 0) is 53.7 Å². The lowest BCUT2D eigenvalue weighted by Crippen LogP contribution is -2.23. The maximum absolute atomic E-state index is 12.9. The summed E-state index contributed by atoms with van der Waals surface area (Å²) in [6.45, 7) is 0.152. The molecule has 1 fully saturated rings. The van der Waals surface area contributed by atoms with Crippen LogP contribution in [0.2, 0.25) is 0 Å². The van der Waals surface area contributed by atoms with E-state index in [0.29, 0.717) is 21.6 Å². The molecule has 144 valence electrons. The van der Waals surface area contributed by atoms with Crippen LogP contribution in [-0.2, 0) is 11.0 Å². The Morgan fingerprint density at radius 1 is 1.14 bits per heavy atom. The largest absolute Gasteiger partial charge is 0.454 e. The van der Waals surface area contributed by atoms with Crippen LogP contribution in [0.1, 0.15) is 11.1 Å². The highest BCUT2D eigenvalue weighted by molar-refractivity contribution is 8.18. The van der Waals surface area contributed by atoms with Crippen LogP contribution >= 0.6 is 11.8 Å². The molecule has 0 unspecified atom stereocenters. The summed E-state index contributed by atoms with van der Waals surface area (Å²) >= 11 is 1.10. The Hall–Kier alpha value is -2.94. The van der Waals surface area contributed by atoms with Crippen LogP contribution in [0, 0.1) is 0 Å². The molecule has 0 atom stereocenters. The zero-order valence-electron chi connectivity index (χ0n) is 14.5. The Kier molecular flexibility index (Phi) is 4.54. The van der Waals surface area contributed by atoms with Gasteiger partial charge in [0, 0.05) is 7.05 Å². The van der Waals surface area contributed by atoms with Gasteiger partial charge in [-0.25, -0.2) is 4.99 Å². The van der Waals surface area contributed by atoms with Gasteiger partial charge in [0.2, 0.25) is 6.79 Å². The van der Waals surface area contributed by atoms with E-state index in [2.05, 4.69) is 4.99 Å². The second kappa shape index (κ2) is 6.90.